The molecule has 0 aliphatic rings. The van der Waals surface area contributed by atoms with Crippen LogP contribution in [-0.4, -0.2) is 23.3 Å². The van der Waals surface area contributed by atoms with Crippen LogP contribution in [-0.2, 0) is 12.0 Å². The number of hydrogen-bond donors (Lipinski definition) is 2. The minimum atomic E-state index is -1.22. The summed E-state index contributed by atoms with van der Waals surface area (Å²) in [6, 6.07) is 8.97. The fourth-order valence-electron chi connectivity index (χ4n) is 1.95. The Morgan fingerprint density at radius 3 is 2.62 bits per heavy atom. The third kappa shape index (κ3) is 3.61. The van der Waals surface area contributed by atoms with Gasteiger partial charge in [-0.2, -0.15) is 0 Å². The summed E-state index contributed by atoms with van der Waals surface area (Å²) in [5, 5.41) is 14.0. The van der Waals surface area contributed by atoms with Crippen LogP contribution in [0.2, 0.25) is 0 Å². The smallest absolute Gasteiger partial charge is 0.270 e. The van der Waals surface area contributed by atoms with Gasteiger partial charge in [-0.3, -0.25) is 4.79 Å². The number of hydrogen-bond acceptors (Lipinski definition) is 5. The van der Waals surface area contributed by atoms with E-state index in [4.69, 9.17) is 15.0 Å². The molecule has 6 nitrogen and oxygen atoms in total. The molecule has 2 rings (SSSR count). The van der Waals surface area contributed by atoms with Crippen LogP contribution in [0.3, 0.4) is 0 Å². The van der Waals surface area contributed by atoms with Crippen LogP contribution in [0.1, 0.15) is 35.2 Å². The first kappa shape index (κ1) is 15.1. The SMILES string of the molecule is COc1ccc(CC[C@](C)(O)c2cc(C(N)=O)no2)cc1. The summed E-state index contributed by atoms with van der Waals surface area (Å²) in [5.41, 5.74) is 4.96. The Labute approximate surface area is 122 Å². The first-order valence-electron chi connectivity index (χ1n) is 6.54. The average molecular weight is 290 g/mol. The second-order valence-corrected chi connectivity index (χ2v) is 5.06. The molecule has 1 atom stereocenters. The van der Waals surface area contributed by atoms with Crippen LogP contribution in [0.5, 0.6) is 5.75 Å². The summed E-state index contributed by atoms with van der Waals surface area (Å²) < 4.78 is 10.1. The summed E-state index contributed by atoms with van der Waals surface area (Å²) >= 11 is 0. The fraction of sp³-hybridized carbons (Fsp3) is 0.333. The van der Waals surface area contributed by atoms with Gasteiger partial charge in [-0.25, -0.2) is 0 Å². The number of carbonyl (C=O) groups is 1. The van der Waals surface area contributed by atoms with Crippen LogP contribution >= 0.6 is 0 Å². The van der Waals surface area contributed by atoms with Gasteiger partial charge in [0.1, 0.15) is 11.4 Å². The molecule has 0 fully saturated rings. The highest BCUT2D eigenvalue weighted by Crippen LogP contribution is 2.27. The molecule has 0 saturated carbocycles. The van der Waals surface area contributed by atoms with Crippen molar-refractivity contribution in [3.8, 4) is 5.75 Å². The first-order valence-corrected chi connectivity index (χ1v) is 6.54. The summed E-state index contributed by atoms with van der Waals surface area (Å²) in [4.78, 5) is 11.0. The Kier molecular flexibility index (Phi) is 4.28. The molecule has 1 aromatic carbocycles. The van der Waals surface area contributed by atoms with E-state index in [2.05, 4.69) is 5.16 Å². The second kappa shape index (κ2) is 5.97. The number of aromatic nitrogens is 1. The number of methoxy groups -OCH3 is 1. The van der Waals surface area contributed by atoms with Crippen molar-refractivity contribution in [3.05, 3.63) is 47.3 Å². The average Bonchev–Trinajstić information content (AvgIpc) is 2.97. The van der Waals surface area contributed by atoms with Gasteiger partial charge in [-0.05, 0) is 37.5 Å². The molecule has 0 aliphatic carbocycles. The van der Waals surface area contributed by atoms with Gasteiger partial charge < -0.3 is 20.1 Å². The Bertz CT molecular complexity index is 617. The molecule has 0 spiro atoms. The molecule has 1 aromatic heterocycles. The van der Waals surface area contributed by atoms with Crippen molar-refractivity contribution in [1.29, 1.82) is 0 Å². The predicted molar refractivity (Wildman–Crippen MR) is 75.9 cm³/mol. The Morgan fingerprint density at radius 2 is 2.10 bits per heavy atom. The zero-order valence-electron chi connectivity index (χ0n) is 12.0. The molecule has 6 heteroatoms. The first-order chi connectivity index (χ1) is 9.92. The van der Waals surface area contributed by atoms with Crippen molar-refractivity contribution in [2.45, 2.75) is 25.4 Å². The summed E-state index contributed by atoms with van der Waals surface area (Å²) in [5.74, 6) is 0.326. The van der Waals surface area contributed by atoms with Gasteiger partial charge in [0.25, 0.3) is 5.91 Å². The molecular formula is C15H18N2O4. The van der Waals surface area contributed by atoms with E-state index in [9.17, 15) is 9.90 Å². The van der Waals surface area contributed by atoms with Gasteiger partial charge in [0.15, 0.2) is 11.5 Å². The third-order valence-corrected chi connectivity index (χ3v) is 3.35. The van der Waals surface area contributed by atoms with Gasteiger partial charge in [-0.15, -0.1) is 0 Å². The van der Waals surface area contributed by atoms with Gasteiger partial charge in [0.2, 0.25) is 0 Å². The normalized spacial score (nSPS) is 13.7. The number of nitrogens with zero attached hydrogens (tertiary/aromatic N) is 1. The van der Waals surface area contributed by atoms with Crippen LogP contribution in [0, 0.1) is 0 Å². The van der Waals surface area contributed by atoms with E-state index in [1.807, 2.05) is 24.3 Å². The number of aryl methyl sites for hydroxylation is 1. The number of rotatable bonds is 6. The number of ether oxygens (including phenoxy) is 1. The van der Waals surface area contributed by atoms with E-state index in [0.717, 1.165) is 11.3 Å². The molecule has 21 heavy (non-hydrogen) atoms. The zero-order valence-corrected chi connectivity index (χ0v) is 12.0. The Morgan fingerprint density at radius 1 is 1.43 bits per heavy atom. The molecule has 1 amide bonds. The van der Waals surface area contributed by atoms with Crippen molar-refractivity contribution in [1.82, 2.24) is 5.16 Å². The number of carbonyl (C=O) groups excluding carboxylic acids is 1. The van der Waals surface area contributed by atoms with Crippen molar-refractivity contribution < 1.29 is 19.2 Å². The van der Waals surface area contributed by atoms with E-state index >= 15 is 0 Å². The number of aliphatic hydroxyl groups is 1. The molecular weight excluding hydrogens is 272 g/mol. The van der Waals surface area contributed by atoms with Crippen molar-refractivity contribution in [2.75, 3.05) is 7.11 Å². The molecule has 1 heterocycles. The summed E-state index contributed by atoms with van der Waals surface area (Å²) in [6.07, 6.45) is 1.07. The predicted octanol–water partition coefficient (Wildman–Crippen LogP) is 1.62. The maximum Gasteiger partial charge on any atom is 0.270 e. The van der Waals surface area contributed by atoms with Crippen molar-refractivity contribution in [3.63, 3.8) is 0 Å². The highest BCUT2D eigenvalue weighted by molar-refractivity contribution is 5.90. The van der Waals surface area contributed by atoms with Gasteiger partial charge in [-0.1, -0.05) is 17.3 Å². The number of nitrogens with two attached hydrogens (primary N) is 1. The van der Waals surface area contributed by atoms with Crippen LogP contribution < -0.4 is 10.5 Å². The standard InChI is InChI=1S/C15H18N2O4/c1-15(19,13-9-12(14(16)18)17-21-13)8-7-10-3-5-11(20-2)6-4-10/h3-6,9,19H,7-8H2,1-2H3,(H2,16,18)/t15-/m0/s1. The van der Waals surface area contributed by atoms with Crippen molar-refractivity contribution in [2.24, 2.45) is 5.73 Å². The molecule has 0 saturated heterocycles. The monoisotopic (exact) mass is 290 g/mol. The van der Waals surface area contributed by atoms with Gasteiger partial charge >= 0.3 is 0 Å². The lowest BCUT2D eigenvalue weighted by Crippen LogP contribution is -2.21. The Balaban J connectivity index is 2.03. The van der Waals surface area contributed by atoms with Crippen LogP contribution in [0.15, 0.2) is 34.9 Å². The maximum absolute atomic E-state index is 11.0. The number of primary amides is 1. The molecule has 0 radical (unpaired) electrons. The molecule has 0 bridgehead atoms. The second-order valence-electron chi connectivity index (χ2n) is 5.06. The highest BCUT2D eigenvalue weighted by Gasteiger charge is 2.28. The molecule has 3 N–H and O–H groups in total. The highest BCUT2D eigenvalue weighted by atomic mass is 16.5. The van der Waals surface area contributed by atoms with E-state index in [0.29, 0.717) is 12.8 Å². The zero-order chi connectivity index (χ0) is 15.5. The van der Waals surface area contributed by atoms with E-state index in [-0.39, 0.29) is 11.5 Å². The van der Waals surface area contributed by atoms with E-state index < -0.39 is 11.5 Å². The lowest BCUT2D eigenvalue weighted by atomic mass is 9.94. The molecule has 2 aromatic rings. The molecule has 0 unspecified atom stereocenters. The topological polar surface area (TPSA) is 98.6 Å². The molecule has 0 aliphatic heterocycles. The summed E-state index contributed by atoms with van der Waals surface area (Å²) in [7, 11) is 1.61. The minimum absolute atomic E-state index is 0.00900. The van der Waals surface area contributed by atoms with Crippen molar-refractivity contribution >= 4 is 5.91 Å². The third-order valence-electron chi connectivity index (χ3n) is 3.35. The summed E-state index contributed by atoms with van der Waals surface area (Å²) in [6.45, 7) is 1.61. The molecule has 112 valence electrons. The van der Waals surface area contributed by atoms with Crippen LogP contribution in [0.25, 0.3) is 0 Å². The van der Waals surface area contributed by atoms with Gasteiger partial charge in [0, 0.05) is 6.07 Å². The lowest BCUT2D eigenvalue weighted by Gasteiger charge is -2.19. The maximum atomic E-state index is 11.0. The number of amides is 1. The van der Waals surface area contributed by atoms with Gasteiger partial charge in [0.05, 0.1) is 7.11 Å². The van der Waals surface area contributed by atoms with Crippen LogP contribution in [0.4, 0.5) is 0 Å². The van der Waals surface area contributed by atoms with E-state index in [1.165, 1.54) is 6.07 Å². The minimum Gasteiger partial charge on any atom is -0.497 e. The quantitative estimate of drug-likeness (QED) is 0.842. The fourth-order valence-corrected chi connectivity index (χ4v) is 1.95. The number of benzene rings is 1. The van der Waals surface area contributed by atoms with E-state index in [1.54, 1.807) is 14.0 Å². The Hall–Kier alpha value is -2.34. The largest absolute Gasteiger partial charge is 0.497 e. The lowest BCUT2D eigenvalue weighted by molar-refractivity contribution is 0.0199.